The summed E-state index contributed by atoms with van der Waals surface area (Å²) in [6.45, 7) is 6.91. The maximum absolute atomic E-state index is 12.6. The Morgan fingerprint density at radius 2 is 1.90 bits per heavy atom. The summed E-state index contributed by atoms with van der Waals surface area (Å²) in [6.07, 6.45) is 0. The molecule has 6 nitrogen and oxygen atoms in total. The number of hydrogen-bond donors (Lipinski definition) is 1. The Morgan fingerprint density at radius 3 is 2.43 bits per heavy atom. The molecule has 7 heteroatoms. The molecule has 1 fully saturated rings. The van der Waals surface area contributed by atoms with Gasteiger partial charge >= 0.3 is 0 Å². The lowest BCUT2D eigenvalue weighted by Gasteiger charge is -2.36. The van der Waals surface area contributed by atoms with E-state index in [1.165, 1.54) is 6.07 Å². The molecule has 1 aliphatic heterocycles. The van der Waals surface area contributed by atoms with Crippen molar-refractivity contribution in [2.24, 2.45) is 0 Å². The molecule has 2 atom stereocenters. The molecule has 1 aromatic rings. The highest BCUT2D eigenvalue weighted by molar-refractivity contribution is 5.96. The third-order valence-corrected chi connectivity index (χ3v) is 3.58. The number of piperazine rings is 1. The van der Waals surface area contributed by atoms with Gasteiger partial charge in [0, 0.05) is 42.4 Å². The molecule has 0 radical (unpaired) electrons. The minimum Gasteiger partial charge on any atom is -0.336 e. The van der Waals surface area contributed by atoms with Crippen molar-refractivity contribution in [3.05, 3.63) is 39.4 Å². The highest BCUT2D eigenvalue weighted by Crippen LogP contribution is 2.23. The molecule has 1 heterocycles. The van der Waals surface area contributed by atoms with E-state index in [2.05, 4.69) is 5.32 Å². The minimum absolute atomic E-state index is 0. The Bertz CT molecular complexity index is 540. The van der Waals surface area contributed by atoms with Crippen molar-refractivity contribution in [2.45, 2.75) is 32.9 Å². The number of amides is 1. The van der Waals surface area contributed by atoms with Gasteiger partial charge in [0.05, 0.1) is 4.92 Å². The van der Waals surface area contributed by atoms with E-state index >= 15 is 0 Å². The largest absolute Gasteiger partial charge is 0.336 e. The molecule has 1 amide bonds. The van der Waals surface area contributed by atoms with Crippen molar-refractivity contribution in [1.29, 1.82) is 0 Å². The van der Waals surface area contributed by atoms with Crippen molar-refractivity contribution < 1.29 is 9.72 Å². The zero-order valence-electron chi connectivity index (χ0n) is 12.3. The first-order valence-electron chi connectivity index (χ1n) is 6.69. The van der Waals surface area contributed by atoms with E-state index < -0.39 is 4.92 Å². The molecular formula is C14H20ClN3O3. The van der Waals surface area contributed by atoms with Crippen molar-refractivity contribution >= 4 is 24.0 Å². The molecule has 2 rings (SSSR count). The molecule has 1 saturated heterocycles. The third kappa shape index (κ3) is 3.71. The van der Waals surface area contributed by atoms with Gasteiger partial charge in [0.2, 0.25) is 0 Å². The maximum atomic E-state index is 12.6. The Hall–Kier alpha value is -1.66. The summed E-state index contributed by atoms with van der Waals surface area (Å²) >= 11 is 0. The smallest absolute Gasteiger partial charge is 0.273 e. The van der Waals surface area contributed by atoms with E-state index in [1.54, 1.807) is 24.0 Å². The van der Waals surface area contributed by atoms with Gasteiger partial charge in [0.1, 0.15) is 0 Å². The molecular weight excluding hydrogens is 294 g/mol. The molecule has 1 aliphatic rings. The average Bonchev–Trinajstić information content (AvgIpc) is 2.36. The molecule has 1 aromatic carbocycles. The summed E-state index contributed by atoms with van der Waals surface area (Å²) in [6, 6.07) is 5.09. The number of nitrogens with one attached hydrogen (secondary N) is 1. The van der Waals surface area contributed by atoms with Crippen LogP contribution < -0.4 is 5.32 Å². The predicted molar refractivity (Wildman–Crippen MR) is 83.0 cm³/mol. The zero-order chi connectivity index (χ0) is 14.9. The monoisotopic (exact) mass is 313 g/mol. The van der Waals surface area contributed by atoms with Gasteiger partial charge in [-0.1, -0.05) is 6.07 Å². The quantitative estimate of drug-likeness (QED) is 0.670. The number of nitro groups is 1. The van der Waals surface area contributed by atoms with Crippen molar-refractivity contribution in [2.75, 3.05) is 13.1 Å². The number of halogens is 1. The highest BCUT2D eigenvalue weighted by Gasteiger charge is 2.27. The maximum Gasteiger partial charge on any atom is 0.273 e. The number of hydrogen-bond acceptors (Lipinski definition) is 4. The normalized spacial score (nSPS) is 21.6. The van der Waals surface area contributed by atoms with Crippen molar-refractivity contribution in [3.63, 3.8) is 0 Å². The van der Waals surface area contributed by atoms with E-state index in [1.807, 2.05) is 13.8 Å². The number of nitro benzene ring substituents is 1. The van der Waals surface area contributed by atoms with E-state index in [-0.39, 0.29) is 36.1 Å². The van der Waals surface area contributed by atoms with Crippen LogP contribution >= 0.6 is 12.4 Å². The summed E-state index contributed by atoms with van der Waals surface area (Å²) in [5.74, 6) is -0.133. The van der Waals surface area contributed by atoms with Crippen LogP contribution in [0.4, 0.5) is 5.69 Å². The molecule has 116 valence electrons. The Balaban J connectivity index is 0.00000220. The second-order valence-corrected chi connectivity index (χ2v) is 5.39. The van der Waals surface area contributed by atoms with Crippen molar-refractivity contribution in [3.8, 4) is 0 Å². The van der Waals surface area contributed by atoms with Crippen LogP contribution in [0.3, 0.4) is 0 Å². The summed E-state index contributed by atoms with van der Waals surface area (Å²) in [5, 5.41) is 14.3. The van der Waals surface area contributed by atoms with Gasteiger partial charge in [0.25, 0.3) is 11.6 Å². The van der Waals surface area contributed by atoms with Gasteiger partial charge in [-0.05, 0) is 26.8 Å². The average molecular weight is 314 g/mol. The Labute approximate surface area is 130 Å². The van der Waals surface area contributed by atoms with Crippen molar-refractivity contribution in [1.82, 2.24) is 10.2 Å². The fourth-order valence-electron chi connectivity index (χ4n) is 2.72. The van der Waals surface area contributed by atoms with Crippen LogP contribution in [0.5, 0.6) is 0 Å². The summed E-state index contributed by atoms with van der Waals surface area (Å²) in [7, 11) is 0. The summed E-state index contributed by atoms with van der Waals surface area (Å²) in [4.78, 5) is 24.8. The summed E-state index contributed by atoms with van der Waals surface area (Å²) < 4.78 is 0. The zero-order valence-corrected chi connectivity index (χ0v) is 13.1. The lowest BCUT2D eigenvalue weighted by Crippen LogP contribution is -2.55. The van der Waals surface area contributed by atoms with E-state index in [0.717, 1.165) is 0 Å². The fourth-order valence-corrected chi connectivity index (χ4v) is 2.72. The first kappa shape index (κ1) is 17.4. The second kappa shape index (κ2) is 6.87. The molecule has 0 spiro atoms. The van der Waals surface area contributed by atoms with Crippen LogP contribution in [-0.4, -0.2) is 40.9 Å². The number of rotatable bonds is 2. The van der Waals surface area contributed by atoms with E-state index in [9.17, 15) is 14.9 Å². The summed E-state index contributed by atoms with van der Waals surface area (Å²) in [5.41, 5.74) is 0.842. The Morgan fingerprint density at radius 1 is 1.33 bits per heavy atom. The number of benzene rings is 1. The van der Waals surface area contributed by atoms with Gasteiger partial charge < -0.3 is 10.2 Å². The molecule has 0 aromatic heterocycles. The number of nitrogens with zero attached hydrogens (tertiary/aromatic N) is 2. The topological polar surface area (TPSA) is 75.5 Å². The van der Waals surface area contributed by atoms with Crippen LogP contribution in [0.25, 0.3) is 0 Å². The molecule has 0 aliphatic carbocycles. The van der Waals surface area contributed by atoms with Gasteiger partial charge in [-0.25, -0.2) is 0 Å². The SMILES string of the molecule is Cc1c(C(=O)N2CC(C)NC(C)C2)cccc1[N+](=O)[O-].Cl. The first-order valence-corrected chi connectivity index (χ1v) is 6.69. The molecule has 0 bridgehead atoms. The van der Waals surface area contributed by atoms with E-state index in [4.69, 9.17) is 0 Å². The van der Waals surface area contributed by atoms with Crippen LogP contribution in [-0.2, 0) is 0 Å². The number of carbonyl (C=O) groups excluding carboxylic acids is 1. The standard InChI is InChI=1S/C14H19N3O3.ClH/c1-9-7-16(8-10(2)15-9)14(18)12-5-4-6-13(11(12)3)17(19)20;/h4-6,9-10,15H,7-8H2,1-3H3;1H. The minimum atomic E-state index is -0.449. The molecule has 1 N–H and O–H groups in total. The van der Waals surface area contributed by atoms with Crippen LogP contribution in [0, 0.1) is 17.0 Å². The fraction of sp³-hybridized carbons (Fsp3) is 0.500. The highest BCUT2D eigenvalue weighted by atomic mass is 35.5. The predicted octanol–water partition coefficient (Wildman–Crippen LogP) is 2.15. The Kier molecular flexibility index (Phi) is 5.69. The third-order valence-electron chi connectivity index (χ3n) is 3.58. The van der Waals surface area contributed by atoms with E-state index in [0.29, 0.717) is 24.2 Å². The van der Waals surface area contributed by atoms with Gasteiger partial charge in [-0.15, -0.1) is 12.4 Å². The first-order chi connectivity index (χ1) is 9.40. The van der Waals surface area contributed by atoms with Crippen LogP contribution in [0.2, 0.25) is 0 Å². The molecule has 21 heavy (non-hydrogen) atoms. The lowest BCUT2D eigenvalue weighted by atomic mass is 10.0. The van der Waals surface area contributed by atoms with Crippen LogP contribution in [0.15, 0.2) is 18.2 Å². The van der Waals surface area contributed by atoms with Gasteiger partial charge in [-0.2, -0.15) is 0 Å². The molecule has 0 saturated carbocycles. The van der Waals surface area contributed by atoms with Gasteiger partial charge in [0.15, 0.2) is 0 Å². The second-order valence-electron chi connectivity index (χ2n) is 5.39. The molecule has 2 unspecified atom stereocenters. The van der Waals surface area contributed by atoms with Gasteiger partial charge in [-0.3, -0.25) is 14.9 Å². The number of carbonyl (C=O) groups is 1. The lowest BCUT2D eigenvalue weighted by molar-refractivity contribution is -0.385. The van der Waals surface area contributed by atoms with Crippen LogP contribution in [0.1, 0.15) is 29.8 Å².